The molecule has 0 fully saturated rings. The molecule has 0 unspecified atom stereocenters. The molecule has 0 atom stereocenters. The van der Waals surface area contributed by atoms with E-state index in [0.29, 0.717) is 12.2 Å². The number of nitrogens with two attached hydrogens (primary N) is 1. The van der Waals surface area contributed by atoms with E-state index in [1.165, 1.54) is 6.92 Å². The highest BCUT2D eigenvalue weighted by Gasteiger charge is 1.95. The summed E-state index contributed by atoms with van der Waals surface area (Å²) in [4.78, 5) is 10.6. The number of nitrogen functional groups attached to an aromatic ring is 1. The molecule has 0 spiro atoms. The van der Waals surface area contributed by atoms with Crippen molar-refractivity contribution in [2.75, 3.05) is 19.4 Å². The molecular weight excluding hydrogens is 216 g/mol. The molecule has 4 nitrogen and oxygen atoms in total. The summed E-state index contributed by atoms with van der Waals surface area (Å²) in [5.41, 5.74) is 7.40. The van der Waals surface area contributed by atoms with Gasteiger partial charge in [0.2, 0.25) is 5.91 Å². The second-order valence-corrected chi connectivity index (χ2v) is 3.71. The molecule has 0 aliphatic rings. The van der Waals surface area contributed by atoms with Crippen LogP contribution in [0.1, 0.15) is 18.9 Å². The zero-order chi connectivity index (χ0) is 12.7. The predicted octanol–water partition coefficient (Wildman–Crippen LogP) is 1.82. The fraction of sp³-hybridized carbons (Fsp3) is 0.308. The van der Waals surface area contributed by atoms with Gasteiger partial charge in [-0.1, -0.05) is 12.2 Å². The van der Waals surface area contributed by atoms with E-state index in [0.717, 1.165) is 17.7 Å². The highest BCUT2D eigenvalue weighted by atomic mass is 16.5. The van der Waals surface area contributed by atoms with Crippen molar-refractivity contribution >= 4 is 17.7 Å². The van der Waals surface area contributed by atoms with E-state index in [4.69, 9.17) is 10.5 Å². The van der Waals surface area contributed by atoms with Crippen molar-refractivity contribution in [3.05, 3.63) is 29.8 Å². The molecular formula is C13H18N2O2. The monoisotopic (exact) mass is 234 g/mol. The van der Waals surface area contributed by atoms with Crippen LogP contribution in [-0.4, -0.2) is 19.6 Å². The second kappa shape index (κ2) is 6.58. The smallest absolute Gasteiger partial charge is 0.216 e. The number of hydrogen-bond donors (Lipinski definition) is 2. The molecule has 1 rings (SSSR count). The van der Waals surface area contributed by atoms with E-state index >= 15 is 0 Å². The molecule has 3 N–H and O–H groups in total. The number of methoxy groups -OCH3 is 1. The molecule has 0 heterocycles. The van der Waals surface area contributed by atoms with E-state index in [9.17, 15) is 4.79 Å². The van der Waals surface area contributed by atoms with Crippen LogP contribution in [0.4, 0.5) is 5.69 Å². The topological polar surface area (TPSA) is 64.3 Å². The van der Waals surface area contributed by atoms with Crippen molar-refractivity contribution in [1.29, 1.82) is 0 Å². The molecule has 17 heavy (non-hydrogen) atoms. The maximum absolute atomic E-state index is 10.6. The molecule has 0 saturated heterocycles. The fourth-order valence-corrected chi connectivity index (χ4v) is 1.41. The minimum absolute atomic E-state index is 0.0102. The molecule has 0 aliphatic carbocycles. The number of hydrogen-bond acceptors (Lipinski definition) is 3. The van der Waals surface area contributed by atoms with Gasteiger partial charge >= 0.3 is 0 Å². The van der Waals surface area contributed by atoms with Crippen molar-refractivity contribution in [1.82, 2.24) is 5.32 Å². The number of ether oxygens (including phenoxy) is 1. The number of amides is 1. The van der Waals surface area contributed by atoms with Gasteiger partial charge < -0.3 is 15.8 Å². The van der Waals surface area contributed by atoms with Gasteiger partial charge in [0, 0.05) is 25.2 Å². The van der Waals surface area contributed by atoms with E-state index in [1.54, 1.807) is 13.2 Å². The first-order chi connectivity index (χ1) is 8.11. The molecule has 1 amide bonds. The molecule has 0 aromatic heterocycles. The first-order valence-corrected chi connectivity index (χ1v) is 5.47. The van der Waals surface area contributed by atoms with E-state index in [1.807, 2.05) is 24.3 Å². The van der Waals surface area contributed by atoms with E-state index in [2.05, 4.69) is 5.32 Å². The summed E-state index contributed by atoms with van der Waals surface area (Å²) in [6.07, 6.45) is 4.74. The summed E-state index contributed by atoms with van der Waals surface area (Å²) < 4.78 is 5.12. The van der Waals surface area contributed by atoms with Gasteiger partial charge in [-0.25, -0.2) is 0 Å². The molecule has 1 aromatic carbocycles. The first-order valence-electron chi connectivity index (χ1n) is 5.47. The minimum Gasteiger partial charge on any atom is -0.497 e. The Bertz CT molecular complexity index is 414. The quantitative estimate of drug-likeness (QED) is 0.603. The Hall–Kier alpha value is -1.97. The summed E-state index contributed by atoms with van der Waals surface area (Å²) >= 11 is 0. The van der Waals surface area contributed by atoms with Crippen molar-refractivity contribution < 1.29 is 9.53 Å². The number of anilines is 1. The van der Waals surface area contributed by atoms with Gasteiger partial charge in [0.1, 0.15) is 5.75 Å². The highest BCUT2D eigenvalue weighted by molar-refractivity contribution is 5.72. The molecule has 0 saturated carbocycles. The van der Waals surface area contributed by atoms with E-state index in [-0.39, 0.29) is 5.91 Å². The normalized spacial score (nSPS) is 10.5. The predicted molar refractivity (Wildman–Crippen MR) is 69.7 cm³/mol. The number of carbonyl (C=O) groups is 1. The zero-order valence-electron chi connectivity index (χ0n) is 10.2. The van der Waals surface area contributed by atoms with Gasteiger partial charge in [-0.2, -0.15) is 0 Å². The lowest BCUT2D eigenvalue weighted by molar-refractivity contribution is -0.118. The Kier molecular flexibility index (Phi) is 5.07. The third-order valence-corrected chi connectivity index (χ3v) is 2.18. The average molecular weight is 234 g/mol. The lowest BCUT2D eigenvalue weighted by atomic mass is 10.1. The van der Waals surface area contributed by atoms with E-state index < -0.39 is 0 Å². The third kappa shape index (κ3) is 5.06. The number of benzene rings is 1. The first kappa shape index (κ1) is 13.1. The van der Waals surface area contributed by atoms with Crippen LogP contribution >= 0.6 is 0 Å². The maximum Gasteiger partial charge on any atom is 0.216 e. The Morgan fingerprint density at radius 1 is 1.47 bits per heavy atom. The Labute approximate surface area is 101 Å². The number of nitrogens with one attached hydrogen (secondary N) is 1. The van der Waals surface area contributed by atoms with Crippen LogP contribution in [0.3, 0.4) is 0 Å². The van der Waals surface area contributed by atoms with Gasteiger partial charge in [0.25, 0.3) is 0 Å². The van der Waals surface area contributed by atoms with Gasteiger partial charge in [-0.3, -0.25) is 4.79 Å². The van der Waals surface area contributed by atoms with Crippen LogP contribution in [0.15, 0.2) is 24.3 Å². The summed E-state index contributed by atoms with van der Waals surface area (Å²) in [7, 11) is 1.61. The number of rotatable bonds is 5. The van der Waals surface area contributed by atoms with Gasteiger partial charge in [0.05, 0.1) is 7.11 Å². The largest absolute Gasteiger partial charge is 0.497 e. The summed E-state index contributed by atoms with van der Waals surface area (Å²) in [6.45, 7) is 2.15. The molecule has 0 bridgehead atoms. The van der Waals surface area contributed by atoms with Crippen molar-refractivity contribution in [2.45, 2.75) is 13.3 Å². The fourth-order valence-electron chi connectivity index (χ4n) is 1.41. The summed E-state index contributed by atoms with van der Waals surface area (Å²) in [5, 5.41) is 2.73. The number of carbonyl (C=O) groups excluding carboxylic acids is 1. The maximum atomic E-state index is 10.6. The van der Waals surface area contributed by atoms with Crippen LogP contribution in [0, 0.1) is 0 Å². The molecule has 4 heteroatoms. The van der Waals surface area contributed by atoms with Crippen LogP contribution < -0.4 is 15.8 Å². The Morgan fingerprint density at radius 2 is 2.24 bits per heavy atom. The third-order valence-electron chi connectivity index (χ3n) is 2.18. The average Bonchev–Trinajstić information content (AvgIpc) is 2.27. The van der Waals surface area contributed by atoms with Crippen molar-refractivity contribution in [3.63, 3.8) is 0 Å². The molecule has 0 aliphatic heterocycles. The standard InChI is InChI=1S/C13H18N2O2/c1-10(16)15-6-4-3-5-11-7-12(14)9-13(8-11)17-2/h3,5,7-9H,4,6,14H2,1-2H3,(H,15,16). The Balaban J connectivity index is 2.52. The zero-order valence-corrected chi connectivity index (χ0v) is 10.2. The van der Waals surface area contributed by atoms with Crippen LogP contribution in [0.2, 0.25) is 0 Å². The van der Waals surface area contributed by atoms with Gasteiger partial charge in [0.15, 0.2) is 0 Å². The van der Waals surface area contributed by atoms with Crippen molar-refractivity contribution in [3.8, 4) is 5.75 Å². The van der Waals surface area contributed by atoms with Crippen molar-refractivity contribution in [2.24, 2.45) is 0 Å². The minimum atomic E-state index is -0.0102. The molecule has 92 valence electrons. The SMILES string of the molecule is COc1cc(N)cc(C=CCCNC(C)=O)c1. The molecule has 1 aromatic rings. The highest BCUT2D eigenvalue weighted by Crippen LogP contribution is 2.19. The van der Waals surface area contributed by atoms with Crippen LogP contribution in [-0.2, 0) is 4.79 Å². The second-order valence-electron chi connectivity index (χ2n) is 3.71. The van der Waals surface area contributed by atoms with Crippen LogP contribution in [0.5, 0.6) is 5.75 Å². The Morgan fingerprint density at radius 3 is 2.88 bits per heavy atom. The lowest BCUT2D eigenvalue weighted by Gasteiger charge is -2.03. The van der Waals surface area contributed by atoms with Crippen LogP contribution in [0.25, 0.3) is 6.08 Å². The summed E-state index contributed by atoms with van der Waals surface area (Å²) in [5.74, 6) is 0.732. The summed E-state index contributed by atoms with van der Waals surface area (Å²) in [6, 6.07) is 5.55. The molecule has 0 radical (unpaired) electrons. The van der Waals surface area contributed by atoms with Gasteiger partial charge in [-0.15, -0.1) is 0 Å². The lowest BCUT2D eigenvalue weighted by Crippen LogP contribution is -2.20. The van der Waals surface area contributed by atoms with Gasteiger partial charge in [-0.05, 0) is 24.1 Å².